The van der Waals surface area contributed by atoms with Crippen LogP contribution in [0, 0.1) is 5.41 Å². The van der Waals surface area contributed by atoms with Gasteiger partial charge >= 0.3 is 0 Å². The molecule has 1 saturated heterocycles. The van der Waals surface area contributed by atoms with Gasteiger partial charge in [-0.2, -0.15) is 11.8 Å². The van der Waals surface area contributed by atoms with Crippen molar-refractivity contribution in [2.45, 2.75) is 25.9 Å². The van der Waals surface area contributed by atoms with Crippen LogP contribution >= 0.6 is 11.8 Å². The lowest BCUT2D eigenvalue weighted by atomic mass is 9.78. The van der Waals surface area contributed by atoms with E-state index in [4.69, 9.17) is 0 Å². The fourth-order valence-corrected chi connectivity index (χ4v) is 4.30. The second-order valence-corrected chi connectivity index (χ2v) is 7.26. The van der Waals surface area contributed by atoms with Gasteiger partial charge < -0.3 is 5.11 Å². The summed E-state index contributed by atoms with van der Waals surface area (Å²) in [5, 5.41) is 12.1. The van der Waals surface area contributed by atoms with Crippen molar-refractivity contribution in [1.82, 2.24) is 4.98 Å². The minimum absolute atomic E-state index is 0.182. The SMILES string of the molecule is CC1(C)CSCC(O)(c2ccc3ncccc3c2)C1. The highest BCUT2D eigenvalue weighted by Crippen LogP contribution is 2.44. The molecule has 19 heavy (non-hydrogen) atoms. The summed E-state index contributed by atoms with van der Waals surface area (Å²) in [7, 11) is 0. The number of nitrogens with zero attached hydrogens (tertiary/aromatic N) is 1. The van der Waals surface area contributed by atoms with Crippen molar-refractivity contribution in [3.8, 4) is 0 Å². The van der Waals surface area contributed by atoms with Gasteiger partial charge in [0, 0.05) is 17.3 Å². The van der Waals surface area contributed by atoms with E-state index in [1.807, 2.05) is 30.0 Å². The van der Waals surface area contributed by atoms with Gasteiger partial charge in [0.05, 0.1) is 11.1 Å². The Kier molecular flexibility index (Phi) is 3.06. The lowest BCUT2D eigenvalue weighted by molar-refractivity contribution is 0.0157. The van der Waals surface area contributed by atoms with Crippen LogP contribution in [0.25, 0.3) is 10.9 Å². The average molecular weight is 273 g/mol. The lowest BCUT2D eigenvalue weighted by Crippen LogP contribution is -2.40. The van der Waals surface area contributed by atoms with E-state index in [0.717, 1.165) is 34.4 Å². The van der Waals surface area contributed by atoms with Crippen molar-refractivity contribution < 1.29 is 5.11 Å². The van der Waals surface area contributed by atoms with E-state index in [1.54, 1.807) is 6.20 Å². The Labute approximate surface area is 118 Å². The van der Waals surface area contributed by atoms with Crippen LogP contribution in [-0.2, 0) is 5.60 Å². The van der Waals surface area contributed by atoms with E-state index in [9.17, 15) is 5.11 Å². The monoisotopic (exact) mass is 273 g/mol. The number of fused-ring (bicyclic) bond motifs is 1. The zero-order chi connectivity index (χ0) is 13.5. The van der Waals surface area contributed by atoms with Crippen molar-refractivity contribution in [2.24, 2.45) is 5.41 Å². The molecule has 0 radical (unpaired) electrons. The molecule has 1 aromatic heterocycles. The maximum absolute atomic E-state index is 11.0. The first-order valence-electron chi connectivity index (χ1n) is 6.64. The van der Waals surface area contributed by atoms with Crippen molar-refractivity contribution in [3.63, 3.8) is 0 Å². The summed E-state index contributed by atoms with van der Waals surface area (Å²) in [5.74, 6) is 1.90. The molecule has 0 amide bonds. The standard InChI is InChI=1S/C16H19NOS/c1-15(2)9-16(18,11-19-10-15)13-5-6-14-12(8-13)4-3-7-17-14/h3-8,18H,9-11H2,1-2H3. The highest BCUT2D eigenvalue weighted by molar-refractivity contribution is 7.99. The van der Waals surface area contributed by atoms with Crippen LogP contribution in [0.4, 0.5) is 0 Å². The van der Waals surface area contributed by atoms with Crippen LogP contribution < -0.4 is 0 Å². The van der Waals surface area contributed by atoms with E-state index in [-0.39, 0.29) is 5.41 Å². The lowest BCUT2D eigenvalue weighted by Gasteiger charge is -2.41. The van der Waals surface area contributed by atoms with E-state index >= 15 is 0 Å². The first-order chi connectivity index (χ1) is 8.99. The zero-order valence-electron chi connectivity index (χ0n) is 11.4. The normalized spacial score (nSPS) is 26.5. The molecule has 1 atom stereocenters. The van der Waals surface area contributed by atoms with Crippen molar-refractivity contribution in [3.05, 3.63) is 42.1 Å². The third-order valence-corrected chi connectivity index (χ3v) is 5.41. The molecule has 1 unspecified atom stereocenters. The first-order valence-corrected chi connectivity index (χ1v) is 7.80. The van der Waals surface area contributed by atoms with Gasteiger partial charge in [-0.1, -0.05) is 26.0 Å². The smallest absolute Gasteiger partial charge is 0.0992 e. The summed E-state index contributed by atoms with van der Waals surface area (Å²) in [6.07, 6.45) is 2.62. The van der Waals surface area contributed by atoms with Crippen LogP contribution in [0.5, 0.6) is 0 Å². The molecule has 1 aliphatic rings. The van der Waals surface area contributed by atoms with Gasteiger partial charge in [0.25, 0.3) is 0 Å². The van der Waals surface area contributed by atoms with E-state index in [1.165, 1.54) is 0 Å². The summed E-state index contributed by atoms with van der Waals surface area (Å²) in [5.41, 5.74) is 1.48. The molecule has 2 aromatic rings. The number of aliphatic hydroxyl groups is 1. The molecule has 1 fully saturated rings. The summed E-state index contributed by atoms with van der Waals surface area (Å²) in [6, 6.07) is 10.1. The summed E-state index contributed by atoms with van der Waals surface area (Å²) >= 11 is 1.84. The third-order valence-electron chi connectivity index (χ3n) is 3.74. The molecule has 2 nitrogen and oxygen atoms in total. The summed E-state index contributed by atoms with van der Waals surface area (Å²) in [6.45, 7) is 4.46. The van der Waals surface area contributed by atoms with E-state index in [0.29, 0.717) is 0 Å². The number of benzene rings is 1. The van der Waals surface area contributed by atoms with E-state index < -0.39 is 5.60 Å². The molecule has 100 valence electrons. The fourth-order valence-electron chi connectivity index (χ4n) is 2.94. The van der Waals surface area contributed by atoms with Gasteiger partial charge in [-0.15, -0.1) is 0 Å². The number of thioether (sulfide) groups is 1. The highest BCUT2D eigenvalue weighted by atomic mass is 32.2. The van der Waals surface area contributed by atoms with Gasteiger partial charge in [0.15, 0.2) is 0 Å². The van der Waals surface area contributed by atoms with Crippen LogP contribution in [-0.4, -0.2) is 21.6 Å². The maximum atomic E-state index is 11.0. The molecule has 1 N–H and O–H groups in total. The number of aromatic nitrogens is 1. The van der Waals surface area contributed by atoms with Crippen LogP contribution in [0.2, 0.25) is 0 Å². The molecule has 1 aromatic carbocycles. The zero-order valence-corrected chi connectivity index (χ0v) is 12.2. The quantitative estimate of drug-likeness (QED) is 0.862. The number of hydrogen-bond acceptors (Lipinski definition) is 3. The first kappa shape index (κ1) is 12.9. The predicted molar refractivity (Wildman–Crippen MR) is 81.4 cm³/mol. The Bertz CT molecular complexity index is 610. The second kappa shape index (κ2) is 4.50. The van der Waals surface area contributed by atoms with Crippen molar-refractivity contribution >= 4 is 22.7 Å². The number of pyridine rings is 1. The molecule has 0 saturated carbocycles. The Balaban J connectivity index is 2.03. The molecular formula is C16H19NOS. The van der Waals surface area contributed by atoms with Crippen LogP contribution in [0.15, 0.2) is 36.5 Å². The average Bonchev–Trinajstić information content (AvgIpc) is 2.36. The van der Waals surface area contributed by atoms with Crippen molar-refractivity contribution in [2.75, 3.05) is 11.5 Å². The topological polar surface area (TPSA) is 33.1 Å². The molecule has 0 bridgehead atoms. The Morgan fingerprint density at radius 2 is 2.05 bits per heavy atom. The minimum atomic E-state index is -0.712. The summed E-state index contributed by atoms with van der Waals surface area (Å²) in [4.78, 5) is 4.33. The van der Waals surface area contributed by atoms with Crippen LogP contribution in [0.3, 0.4) is 0 Å². The van der Waals surface area contributed by atoms with E-state index in [2.05, 4.69) is 31.0 Å². The molecule has 0 spiro atoms. The Morgan fingerprint density at radius 3 is 2.84 bits per heavy atom. The van der Waals surface area contributed by atoms with Gasteiger partial charge in [-0.05, 0) is 41.4 Å². The molecule has 3 rings (SSSR count). The molecular weight excluding hydrogens is 254 g/mol. The molecule has 1 aliphatic heterocycles. The van der Waals surface area contributed by atoms with Gasteiger partial charge in [-0.3, -0.25) is 4.98 Å². The largest absolute Gasteiger partial charge is 0.384 e. The Hall–Kier alpha value is -1.06. The minimum Gasteiger partial charge on any atom is -0.384 e. The predicted octanol–water partition coefficient (Wildman–Crippen LogP) is 3.59. The number of rotatable bonds is 1. The highest BCUT2D eigenvalue weighted by Gasteiger charge is 2.40. The maximum Gasteiger partial charge on any atom is 0.0992 e. The Morgan fingerprint density at radius 1 is 1.21 bits per heavy atom. The third kappa shape index (κ3) is 2.49. The van der Waals surface area contributed by atoms with Crippen molar-refractivity contribution in [1.29, 1.82) is 0 Å². The number of hydrogen-bond donors (Lipinski definition) is 1. The molecule has 0 aliphatic carbocycles. The second-order valence-electron chi connectivity index (χ2n) is 6.28. The summed E-state index contributed by atoms with van der Waals surface area (Å²) < 4.78 is 0. The molecule has 3 heteroatoms. The fraction of sp³-hybridized carbons (Fsp3) is 0.438. The van der Waals surface area contributed by atoms with Gasteiger partial charge in [-0.25, -0.2) is 0 Å². The van der Waals surface area contributed by atoms with Gasteiger partial charge in [0.2, 0.25) is 0 Å². The van der Waals surface area contributed by atoms with Crippen LogP contribution in [0.1, 0.15) is 25.8 Å². The molecule has 2 heterocycles. The van der Waals surface area contributed by atoms with Gasteiger partial charge in [0.1, 0.15) is 0 Å².